The number of nitrogens with zero attached hydrogens (tertiary/aromatic N) is 1. The Morgan fingerprint density at radius 3 is 2.67 bits per heavy atom. The third-order valence-corrected chi connectivity index (χ3v) is 7.43. The third kappa shape index (κ3) is 5.79. The van der Waals surface area contributed by atoms with E-state index in [1.54, 1.807) is 23.6 Å². The van der Waals surface area contributed by atoms with Crippen LogP contribution in [0.3, 0.4) is 0 Å². The van der Waals surface area contributed by atoms with E-state index in [2.05, 4.69) is 15.0 Å². The molecule has 3 rings (SSSR count). The molecule has 1 aliphatic rings. The lowest BCUT2D eigenvalue weighted by atomic mass is 9.79. The molecule has 1 amide bonds. The van der Waals surface area contributed by atoms with Gasteiger partial charge in [0.1, 0.15) is 0 Å². The number of anilines is 1. The number of rotatable bonds is 8. The second-order valence-corrected chi connectivity index (χ2v) is 9.76. The summed E-state index contributed by atoms with van der Waals surface area (Å²) in [6, 6.07) is 8.01. The molecule has 1 saturated carbocycles. The summed E-state index contributed by atoms with van der Waals surface area (Å²) in [5.41, 5.74) is 0.483. The molecule has 0 radical (unpaired) electrons. The standard InChI is InChI=1S/C20H25N3O5S2/c1-28-19(25)17-10-6-5-7-14(17)12-21-18(24)11-15-13-29-20(22-15)23-30(26,27)16-8-3-2-4-9-16/h2-4,8-9,13-14,17H,5-7,10-12H2,1H3,(H,21,24)(H,22,23). The molecule has 2 atom stereocenters. The van der Waals surface area contributed by atoms with E-state index in [1.165, 1.54) is 19.2 Å². The molecule has 1 aromatic heterocycles. The highest BCUT2D eigenvalue weighted by atomic mass is 32.2. The number of hydrogen-bond donors (Lipinski definition) is 2. The van der Waals surface area contributed by atoms with Gasteiger partial charge >= 0.3 is 5.97 Å². The Hall–Kier alpha value is -2.46. The Morgan fingerprint density at radius 1 is 1.20 bits per heavy atom. The van der Waals surface area contributed by atoms with Crippen molar-refractivity contribution in [2.24, 2.45) is 11.8 Å². The van der Waals surface area contributed by atoms with Crippen LogP contribution in [0.25, 0.3) is 0 Å². The minimum absolute atomic E-state index is 0.0408. The number of ether oxygens (including phenoxy) is 1. The van der Waals surface area contributed by atoms with Crippen molar-refractivity contribution in [2.45, 2.75) is 37.0 Å². The topological polar surface area (TPSA) is 114 Å². The van der Waals surface area contributed by atoms with Crippen LogP contribution >= 0.6 is 11.3 Å². The van der Waals surface area contributed by atoms with Crippen LogP contribution in [-0.4, -0.2) is 38.9 Å². The highest BCUT2D eigenvalue weighted by molar-refractivity contribution is 7.93. The normalized spacial score (nSPS) is 19.1. The number of carbonyl (C=O) groups excluding carboxylic acids is 2. The molecular weight excluding hydrogens is 426 g/mol. The number of nitrogens with one attached hydrogen (secondary N) is 2. The van der Waals surface area contributed by atoms with E-state index in [9.17, 15) is 18.0 Å². The number of carbonyl (C=O) groups is 2. The van der Waals surface area contributed by atoms with E-state index in [4.69, 9.17) is 4.74 Å². The van der Waals surface area contributed by atoms with Crippen LogP contribution in [0.15, 0.2) is 40.6 Å². The first kappa shape index (κ1) is 22.2. The average Bonchev–Trinajstić information content (AvgIpc) is 3.18. The Labute approximate surface area is 180 Å². The highest BCUT2D eigenvalue weighted by Gasteiger charge is 2.31. The maximum atomic E-state index is 12.4. The molecule has 8 nitrogen and oxygen atoms in total. The van der Waals surface area contributed by atoms with Gasteiger partial charge in [0.15, 0.2) is 5.13 Å². The quantitative estimate of drug-likeness (QED) is 0.596. The zero-order valence-electron chi connectivity index (χ0n) is 16.7. The second kappa shape index (κ2) is 10.0. The molecule has 10 heteroatoms. The molecule has 1 heterocycles. The predicted octanol–water partition coefficient (Wildman–Crippen LogP) is 2.58. The largest absolute Gasteiger partial charge is 0.469 e. The zero-order valence-corrected chi connectivity index (χ0v) is 18.3. The summed E-state index contributed by atoms with van der Waals surface area (Å²) in [5, 5.41) is 4.73. The fourth-order valence-electron chi connectivity index (χ4n) is 3.59. The fraction of sp³-hybridized carbons (Fsp3) is 0.450. The molecule has 30 heavy (non-hydrogen) atoms. The van der Waals surface area contributed by atoms with Gasteiger partial charge in [-0.25, -0.2) is 13.4 Å². The van der Waals surface area contributed by atoms with Crippen molar-refractivity contribution in [3.05, 3.63) is 41.4 Å². The lowest BCUT2D eigenvalue weighted by Crippen LogP contribution is -2.38. The maximum absolute atomic E-state index is 12.4. The van der Waals surface area contributed by atoms with Crippen molar-refractivity contribution in [3.8, 4) is 0 Å². The van der Waals surface area contributed by atoms with Crippen LogP contribution in [0.5, 0.6) is 0 Å². The van der Waals surface area contributed by atoms with Gasteiger partial charge in [0.25, 0.3) is 10.0 Å². The number of hydrogen-bond acceptors (Lipinski definition) is 7. The molecule has 0 aliphatic heterocycles. The van der Waals surface area contributed by atoms with E-state index in [1.807, 2.05) is 0 Å². The SMILES string of the molecule is COC(=O)C1CCCCC1CNC(=O)Cc1csc(NS(=O)(=O)c2ccccc2)n1. The van der Waals surface area contributed by atoms with Crippen LogP contribution in [0.4, 0.5) is 5.13 Å². The summed E-state index contributed by atoms with van der Waals surface area (Å²) in [5.74, 6) is -0.545. The summed E-state index contributed by atoms with van der Waals surface area (Å²) in [6.07, 6.45) is 3.72. The van der Waals surface area contributed by atoms with Gasteiger partial charge in [0.05, 0.1) is 30.0 Å². The van der Waals surface area contributed by atoms with E-state index in [0.717, 1.165) is 37.0 Å². The molecule has 1 aromatic carbocycles. The maximum Gasteiger partial charge on any atom is 0.309 e. The monoisotopic (exact) mass is 451 g/mol. The number of aromatic nitrogens is 1. The molecule has 1 fully saturated rings. The molecule has 1 aliphatic carbocycles. The minimum atomic E-state index is -3.72. The van der Waals surface area contributed by atoms with Gasteiger partial charge in [-0.05, 0) is 30.9 Å². The summed E-state index contributed by atoms with van der Waals surface area (Å²) in [7, 11) is -2.33. The van der Waals surface area contributed by atoms with Gasteiger partial charge in [-0.1, -0.05) is 31.0 Å². The van der Waals surface area contributed by atoms with Crippen LogP contribution in [0.2, 0.25) is 0 Å². The lowest BCUT2D eigenvalue weighted by Gasteiger charge is -2.29. The van der Waals surface area contributed by atoms with E-state index in [0.29, 0.717) is 12.2 Å². The van der Waals surface area contributed by atoms with Crippen LogP contribution < -0.4 is 10.0 Å². The first-order valence-corrected chi connectivity index (χ1v) is 12.1. The van der Waals surface area contributed by atoms with Gasteiger partial charge in [-0.2, -0.15) is 0 Å². The van der Waals surface area contributed by atoms with Crippen molar-refractivity contribution < 1.29 is 22.7 Å². The molecule has 2 N–H and O–H groups in total. The van der Waals surface area contributed by atoms with Gasteiger partial charge < -0.3 is 10.1 Å². The summed E-state index contributed by atoms with van der Waals surface area (Å²) < 4.78 is 32.0. The molecule has 2 unspecified atom stereocenters. The zero-order chi connectivity index (χ0) is 21.6. The van der Waals surface area contributed by atoms with Crippen LogP contribution in [0, 0.1) is 11.8 Å². The van der Waals surface area contributed by atoms with Gasteiger partial charge in [0.2, 0.25) is 5.91 Å². The number of sulfonamides is 1. The molecule has 0 spiro atoms. The van der Waals surface area contributed by atoms with E-state index in [-0.39, 0.29) is 40.2 Å². The molecule has 0 bridgehead atoms. The number of esters is 1. The van der Waals surface area contributed by atoms with Crippen molar-refractivity contribution in [1.29, 1.82) is 0 Å². The van der Waals surface area contributed by atoms with E-state index < -0.39 is 10.0 Å². The summed E-state index contributed by atoms with van der Waals surface area (Å²) in [4.78, 5) is 28.6. The van der Waals surface area contributed by atoms with Gasteiger partial charge in [0, 0.05) is 11.9 Å². The number of thiazole rings is 1. The molecule has 162 valence electrons. The smallest absolute Gasteiger partial charge is 0.309 e. The first-order valence-electron chi connectivity index (χ1n) is 9.76. The Morgan fingerprint density at radius 2 is 1.93 bits per heavy atom. The number of benzene rings is 1. The van der Waals surface area contributed by atoms with Crippen molar-refractivity contribution in [3.63, 3.8) is 0 Å². The van der Waals surface area contributed by atoms with Crippen molar-refractivity contribution in [2.75, 3.05) is 18.4 Å². The predicted molar refractivity (Wildman–Crippen MR) is 114 cm³/mol. The fourth-order valence-corrected chi connectivity index (χ4v) is 5.58. The molecule has 0 saturated heterocycles. The van der Waals surface area contributed by atoms with Gasteiger partial charge in [-0.15, -0.1) is 11.3 Å². The minimum Gasteiger partial charge on any atom is -0.469 e. The Kier molecular flexibility index (Phi) is 7.43. The van der Waals surface area contributed by atoms with Crippen molar-refractivity contribution in [1.82, 2.24) is 10.3 Å². The molecular formula is C20H25N3O5S2. The highest BCUT2D eigenvalue weighted by Crippen LogP contribution is 2.30. The second-order valence-electron chi connectivity index (χ2n) is 7.22. The Balaban J connectivity index is 1.53. The Bertz CT molecular complexity index is 975. The first-order chi connectivity index (χ1) is 14.4. The van der Waals surface area contributed by atoms with Crippen molar-refractivity contribution >= 4 is 38.4 Å². The third-order valence-electron chi connectivity index (χ3n) is 5.14. The number of methoxy groups -OCH3 is 1. The molecule has 2 aromatic rings. The number of amides is 1. The lowest BCUT2D eigenvalue weighted by molar-refractivity contribution is -0.148. The van der Waals surface area contributed by atoms with Crippen LogP contribution in [0.1, 0.15) is 31.4 Å². The van der Waals surface area contributed by atoms with Crippen LogP contribution in [-0.2, 0) is 30.8 Å². The summed E-state index contributed by atoms with van der Waals surface area (Å²) in [6.45, 7) is 0.413. The van der Waals surface area contributed by atoms with E-state index >= 15 is 0 Å². The van der Waals surface area contributed by atoms with Gasteiger partial charge in [-0.3, -0.25) is 14.3 Å². The average molecular weight is 452 g/mol. The summed E-state index contributed by atoms with van der Waals surface area (Å²) >= 11 is 1.12.